The molecule has 0 saturated heterocycles. The average Bonchev–Trinajstić information content (AvgIpc) is 3.03. The highest BCUT2D eigenvalue weighted by Gasteiger charge is 2.63. The first kappa shape index (κ1) is 13.2. The van der Waals surface area contributed by atoms with Crippen molar-refractivity contribution in [1.82, 2.24) is 0 Å². The largest absolute Gasteiger partial charge is 0.480 e. The lowest BCUT2D eigenvalue weighted by Crippen LogP contribution is -2.33. The van der Waals surface area contributed by atoms with E-state index in [-0.39, 0.29) is 0 Å². The Kier molecular flexibility index (Phi) is 3.29. The van der Waals surface area contributed by atoms with Crippen LogP contribution in [0.3, 0.4) is 0 Å². The van der Waals surface area contributed by atoms with Crippen molar-refractivity contribution in [3.8, 4) is 0 Å². The molecule has 1 fully saturated rings. The van der Waals surface area contributed by atoms with Gasteiger partial charge in [-0.1, -0.05) is 30.3 Å². The van der Waals surface area contributed by atoms with Crippen LogP contribution >= 0.6 is 7.60 Å². The van der Waals surface area contributed by atoms with Crippen molar-refractivity contribution in [2.45, 2.75) is 17.6 Å². The van der Waals surface area contributed by atoms with Gasteiger partial charge in [-0.2, -0.15) is 0 Å². The van der Waals surface area contributed by atoms with Crippen molar-refractivity contribution < 1.29 is 24.3 Å². The summed E-state index contributed by atoms with van der Waals surface area (Å²) in [6, 6.07) is 7.46. The first-order valence-electron chi connectivity index (χ1n) is 5.42. The summed E-state index contributed by atoms with van der Waals surface area (Å²) in [6.07, 6.45) is 0. The summed E-state index contributed by atoms with van der Waals surface area (Å²) in [5, 5.41) is 8.86. The summed E-state index contributed by atoms with van der Waals surface area (Å²) in [4.78, 5) is 29.4. The van der Waals surface area contributed by atoms with Crippen LogP contribution < -0.4 is 5.73 Å². The molecule has 2 rings (SSSR count). The highest BCUT2D eigenvalue weighted by atomic mass is 31.2. The van der Waals surface area contributed by atoms with E-state index in [0.717, 1.165) is 0 Å². The summed E-state index contributed by atoms with van der Waals surface area (Å²) < 4.78 is 11.4. The van der Waals surface area contributed by atoms with Crippen molar-refractivity contribution in [1.29, 1.82) is 0 Å². The maximum atomic E-state index is 11.4. The van der Waals surface area contributed by atoms with Crippen LogP contribution in [0.5, 0.6) is 0 Å². The van der Waals surface area contributed by atoms with Gasteiger partial charge in [0.05, 0.1) is 5.66 Å². The molecule has 1 aliphatic rings. The zero-order chi connectivity index (χ0) is 13.5. The third-order valence-corrected chi connectivity index (χ3v) is 4.75. The van der Waals surface area contributed by atoms with Crippen molar-refractivity contribution in [2.75, 3.05) is 0 Å². The van der Waals surface area contributed by atoms with Crippen LogP contribution in [0.4, 0.5) is 0 Å². The molecule has 0 aromatic heterocycles. The number of rotatable bonds is 4. The molecule has 1 aliphatic carbocycles. The summed E-state index contributed by atoms with van der Waals surface area (Å²) in [5.41, 5.74) is 5.21. The topological polar surface area (TPSA) is 121 Å². The molecular weight excluding hydrogens is 257 g/mol. The zero-order valence-corrected chi connectivity index (χ0v) is 10.3. The highest BCUT2D eigenvalue weighted by molar-refractivity contribution is 7.53. The molecule has 1 saturated carbocycles. The van der Waals surface area contributed by atoms with Gasteiger partial charge in [0, 0.05) is 11.8 Å². The van der Waals surface area contributed by atoms with E-state index in [0.29, 0.717) is 5.56 Å². The molecule has 4 atom stereocenters. The van der Waals surface area contributed by atoms with E-state index in [9.17, 15) is 19.1 Å². The Morgan fingerprint density at radius 1 is 1.28 bits per heavy atom. The summed E-state index contributed by atoms with van der Waals surface area (Å²) >= 11 is 0. The standard InChI is InChI=1S/C11H14NO5P/c12-9(11(13)14)8-7(10(8)18(15,16)17)6-4-2-1-3-5-6/h1-5,7-10H,12H2,(H,13,14)(H2,15,16,17)/t7-,8+,9+,10-/m1/s1. The van der Waals surface area contributed by atoms with Crippen LogP contribution in [0.15, 0.2) is 30.3 Å². The molecule has 0 bridgehead atoms. The van der Waals surface area contributed by atoms with E-state index >= 15 is 0 Å². The molecule has 0 unspecified atom stereocenters. The molecule has 7 heteroatoms. The Morgan fingerprint density at radius 2 is 1.83 bits per heavy atom. The zero-order valence-electron chi connectivity index (χ0n) is 9.38. The summed E-state index contributed by atoms with van der Waals surface area (Å²) in [7, 11) is -4.34. The van der Waals surface area contributed by atoms with E-state index in [1.807, 2.05) is 0 Å². The predicted molar refractivity (Wildman–Crippen MR) is 64.1 cm³/mol. The van der Waals surface area contributed by atoms with Gasteiger partial charge in [0.15, 0.2) is 0 Å². The second kappa shape index (κ2) is 4.48. The molecule has 6 nitrogen and oxygen atoms in total. The number of nitrogens with two attached hydrogens (primary N) is 1. The summed E-state index contributed by atoms with van der Waals surface area (Å²) in [5.74, 6) is -2.44. The van der Waals surface area contributed by atoms with Gasteiger partial charge in [-0.05, 0) is 5.56 Å². The fourth-order valence-electron chi connectivity index (χ4n) is 2.45. The van der Waals surface area contributed by atoms with E-state index < -0.39 is 37.1 Å². The number of benzene rings is 1. The lowest BCUT2D eigenvalue weighted by Gasteiger charge is -2.05. The Bertz CT molecular complexity index is 499. The van der Waals surface area contributed by atoms with Gasteiger partial charge in [0.25, 0.3) is 0 Å². The first-order valence-corrected chi connectivity index (χ1v) is 7.10. The van der Waals surface area contributed by atoms with Gasteiger partial charge < -0.3 is 20.6 Å². The fraction of sp³-hybridized carbons (Fsp3) is 0.364. The lowest BCUT2D eigenvalue weighted by atomic mass is 10.1. The van der Waals surface area contributed by atoms with Crippen LogP contribution in [-0.4, -0.2) is 32.6 Å². The maximum absolute atomic E-state index is 11.4. The van der Waals surface area contributed by atoms with E-state index in [1.165, 1.54) is 0 Å². The molecule has 0 radical (unpaired) electrons. The third-order valence-electron chi connectivity index (χ3n) is 3.31. The Balaban J connectivity index is 2.30. The van der Waals surface area contributed by atoms with Gasteiger partial charge in [0.1, 0.15) is 6.04 Å². The molecule has 1 aromatic carbocycles. The minimum atomic E-state index is -4.34. The normalized spacial score (nSPS) is 28.7. The highest BCUT2D eigenvalue weighted by Crippen LogP contribution is 2.67. The minimum Gasteiger partial charge on any atom is -0.480 e. The van der Waals surface area contributed by atoms with Gasteiger partial charge in [-0.3, -0.25) is 9.36 Å². The number of carboxylic acids is 1. The number of aliphatic carboxylic acids is 1. The number of carbonyl (C=O) groups is 1. The lowest BCUT2D eigenvalue weighted by molar-refractivity contribution is -0.139. The SMILES string of the molecule is N[C@H](C(=O)O)[C@@H]1[C@@H](c2ccccc2)[C@H]1P(=O)(O)O. The molecule has 0 heterocycles. The minimum absolute atomic E-state index is 0.488. The molecule has 5 N–H and O–H groups in total. The van der Waals surface area contributed by atoms with E-state index in [1.54, 1.807) is 30.3 Å². The smallest absolute Gasteiger partial charge is 0.329 e. The van der Waals surface area contributed by atoms with E-state index in [4.69, 9.17) is 10.8 Å². The van der Waals surface area contributed by atoms with E-state index in [2.05, 4.69) is 0 Å². The number of hydrogen-bond acceptors (Lipinski definition) is 3. The molecule has 0 aliphatic heterocycles. The van der Waals surface area contributed by atoms with Gasteiger partial charge >= 0.3 is 13.6 Å². The van der Waals surface area contributed by atoms with Gasteiger partial charge in [-0.25, -0.2) is 0 Å². The first-order chi connectivity index (χ1) is 8.34. The van der Waals surface area contributed by atoms with Crippen LogP contribution in [0.1, 0.15) is 11.5 Å². The predicted octanol–water partition coefficient (Wildman–Crippen LogP) is 0.358. The van der Waals surface area contributed by atoms with Crippen molar-refractivity contribution in [3.63, 3.8) is 0 Å². The van der Waals surface area contributed by atoms with Crippen molar-refractivity contribution >= 4 is 13.6 Å². The second-order valence-electron chi connectivity index (χ2n) is 4.46. The van der Waals surface area contributed by atoms with Crippen LogP contribution in [0, 0.1) is 5.92 Å². The van der Waals surface area contributed by atoms with Crippen molar-refractivity contribution in [3.05, 3.63) is 35.9 Å². The number of hydrogen-bond donors (Lipinski definition) is 4. The Morgan fingerprint density at radius 3 is 2.28 bits per heavy atom. The quantitative estimate of drug-likeness (QED) is 0.587. The molecule has 0 spiro atoms. The van der Waals surface area contributed by atoms with Crippen molar-refractivity contribution in [2.24, 2.45) is 11.7 Å². The average molecular weight is 271 g/mol. The van der Waals surface area contributed by atoms with Gasteiger partial charge in [0.2, 0.25) is 0 Å². The maximum Gasteiger partial charge on any atom is 0.329 e. The molecule has 1 aromatic rings. The van der Waals surface area contributed by atoms with Crippen LogP contribution in [0.25, 0.3) is 0 Å². The summed E-state index contributed by atoms with van der Waals surface area (Å²) in [6.45, 7) is 0. The molecular formula is C11H14NO5P. The third kappa shape index (κ3) is 2.33. The molecule has 0 amide bonds. The van der Waals surface area contributed by atoms with Gasteiger partial charge in [-0.15, -0.1) is 0 Å². The van der Waals surface area contributed by atoms with Crippen LogP contribution in [0.2, 0.25) is 0 Å². The monoisotopic (exact) mass is 271 g/mol. The number of carboxylic acid groups (broad SMARTS) is 1. The molecule has 18 heavy (non-hydrogen) atoms. The fourth-order valence-corrected chi connectivity index (χ4v) is 3.96. The Labute approximate surface area is 104 Å². The molecule has 98 valence electrons. The second-order valence-corrected chi connectivity index (χ2v) is 6.23. The Hall–Kier alpha value is -1.20. The van der Waals surface area contributed by atoms with Crippen LogP contribution in [-0.2, 0) is 9.36 Å².